The molecular weight excluding hydrogens is 326 g/mol. The number of hydrogen-bond donors (Lipinski definition) is 2. The summed E-state index contributed by atoms with van der Waals surface area (Å²) in [5.41, 5.74) is 0. The molecule has 1 aromatic heterocycles. The third kappa shape index (κ3) is 6.35. The number of nitrogens with zero attached hydrogens (tertiary/aromatic N) is 1. The summed E-state index contributed by atoms with van der Waals surface area (Å²) in [5, 5.41) is 3.57. The van der Waals surface area contributed by atoms with Crippen LogP contribution in [0.5, 0.6) is 0 Å². The number of thiazole rings is 1. The topological polar surface area (TPSA) is 71.1 Å². The quantitative estimate of drug-likeness (QED) is 0.744. The van der Waals surface area contributed by atoms with Crippen molar-refractivity contribution in [2.75, 3.05) is 17.0 Å². The first-order valence-corrected chi connectivity index (χ1v) is 8.50. The van der Waals surface area contributed by atoms with Gasteiger partial charge in [-0.2, -0.15) is 0 Å². The molecule has 2 N–H and O–H groups in total. The van der Waals surface area contributed by atoms with Crippen LogP contribution in [0.2, 0.25) is 0 Å². The van der Waals surface area contributed by atoms with Gasteiger partial charge in [0.1, 0.15) is 0 Å². The van der Waals surface area contributed by atoms with Gasteiger partial charge in [0.15, 0.2) is 5.13 Å². The molecule has 0 fully saturated rings. The summed E-state index contributed by atoms with van der Waals surface area (Å²) in [6.07, 6.45) is 2.16. The molecule has 0 aliphatic heterocycles. The highest BCUT2D eigenvalue weighted by molar-refractivity contribution is 9.11. The fraction of sp³-hybridized carbons (Fsp3) is 0.667. The molecule has 0 aromatic carbocycles. The normalized spacial score (nSPS) is 12.0. The van der Waals surface area contributed by atoms with E-state index < -0.39 is 10.0 Å². The van der Waals surface area contributed by atoms with Crippen LogP contribution in [0.25, 0.3) is 0 Å². The van der Waals surface area contributed by atoms with Crippen molar-refractivity contribution < 1.29 is 8.42 Å². The van der Waals surface area contributed by atoms with Crippen molar-refractivity contribution in [3.8, 4) is 0 Å². The van der Waals surface area contributed by atoms with Crippen LogP contribution < -0.4 is 10.0 Å². The standard InChI is InChI=1S/C9H16BrN3O2S2/c1-7(2)11-4-3-5-17(14,15)13-9-12-6-8(10)16-9/h6-7,11H,3-5H2,1-2H3,(H,12,13). The molecule has 1 rings (SSSR count). The Morgan fingerprint density at radius 1 is 1.53 bits per heavy atom. The Bertz CT molecular complexity index is 445. The smallest absolute Gasteiger partial charge is 0.234 e. The zero-order chi connectivity index (χ0) is 12.9. The number of rotatable bonds is 7. The molecule has 0 radical (unpaired) electrons. The average Bonchev–Trinajstić information content (AvgIpc) is 2.57. The largest absolute Gasteiger partial charge is 0.314 e. The van der Waals surface area contributed by atoms with E-state index in [1.54, 1.807) is 6.20 Å². The van der Waals surface area contributed by atoms with Gasteiger partial charge in [-0.3, -0.25) is 4.72 Å². The summed E-state index contributed by atoms with van der Waals surface area (Å²) in [4.78, 5) is 3.92. The van der Waals surface area contributed by atoms with E-state index >= 15 is 0 Å². The van der Waals surface area contributed by atoms with Crippen LogP contribution in [-0.2, 0) is 10.0 Å². The maximum atomic E-state index is 11.7. The molecule has 0 atom stereocenters. The minimum absolute atomic E-state index is 0.101. The van der Waals surface area contributed by atoms with Gasteiger partial charge in [0, 0.05) is 6.04 Å². The van der Waals surface area contributed by atoms with Gasteiger partial charge in [-0.1, -0.05) is 25.2 Å². The zero-order valence-corrected chi connectivity index (χ0v) is 13.0. The van der Waals surface area contributed by atoms with E-state index in [0.29, 0.717) is 24.1 Å². The molecule has 5 nitrogen and oxygen atoms in total. The minimum Gasteiger partial charge on any atom is -0.314 e. The lowest BCUT2D eigenvalue weighted by Crippen LogP contribution is -2.26. The van der Waals surface area contributed by atoms with Crippen molar-refractivity contribution >= 4 is 42.4 Å². The molecule has 0 unspecified atom stereocenters. The van der Waals surface area contributed by atoms with Crippen LogP contribution >= 0.6 is 27.3 Å². The van der Waals surface area contributed by atoms with Gasteiger partial charge in [-0.15, -0.1) is 0 Å². The van der Waals surface area contributed by atoms with Crippen LogP contribution in [0.4, 0.5) is 5.13 Å². The number of aromatic nitrogens is 1. The van der Waals surface area contributed by atoms with E-state index in [1.807, 2.05) is 13.8 Å². The van der Waals surface area contributed by atoms with Crippen LogP contribution in [0, 0.1) is 0 Å². The molecule has 8 heteroatoms. The van der Waals surface area contributed by atoms with Gasteiger partial charge < -0.3 is 5.32 Å². The molecular formula is C9H16BrN3O2S2. The van der Waals surface area contributed by atoms with E-state index in [2.05, 4.69) is 31.0 Å². The van der Waals surface area contributed by atoms with Crippen molar-refractivity contribution in [1.29, 1.82) is 0 Å². The average molecular weight is 342 g/mol. The number of anilines is 1. The third-order valence-corrected chi connectivity index (χ3v) is 4.71. The van der Waals surface area contributed by atoms with Gasteiger partial charge >= 0.3 is 0 Å². The molecule has 0 aliphatic rings. The highest BCUT2D eigenvalue weighted by Gasteiger charge is 2.12. The van der Waals surface area contributed by atoms with Gasteiger partial charge in [-0.05, 0) is 28.9 Å². The Balaban J connectivity index is 2.36. The van der Waals surface area contributed by atoms with Crippen LogP contribution in [0.3, 0.4) is 0 Å². The van der Waals surface area contributed by atoms with Gasteiger partial charge in [-0.25, -0.2) is 13.4 Å². The van der Waals surface area contributed by atoms with Crippen molar-refractivity contribution in [1.82, 2.24) is 10.3 Å². The van der Waals surface area contributed by atoms with Crippen LogP contribution in [-0.4, -0.2) is 31.7 Å². The van der Waals surface area contributed by atoms with E-state index in [4.69, 9.17) is 0 Å². The molecule has 1 heterocycles. The van der Waals surface area contributed by atoms with E-state index in [1.165, 1.54) is 11.3 Å². The molecule has 0 spiro atoms. The van der Waals surface area contributed by atoms with Crippen molar-refractivity contribution in [3.63, 3.8) is 0 Å². The van der Waals surface area contributed by atoms with Crippen molar-refractivity contribution in [2.45, 2.75) is 26.3 Å². The first-order valence-electron chi connectivity index (χ1n) is 5.24. The summed E-state index contributed by atoms with van der Waals surface area (Å²) in [6, 6.07) is 0.376. The fourth-order valence-electron chi connectivity index (χ4n) is 1.14. The zero-order valence-electron chi connectivity index (χ0n) is 9.73. The molecule has 1 aromatic rings. The van der Waals surface area contributed by atoms with Crippen LogP contribution in [0.15, 0.2) is 9.98 Å². The number of halogens is 1. The lowest BCUT2D eigenvalue weighted by molar-refractivity contribution is 0.571. The SMILES string of the molecule is CC(C)NCCCS(=O)(=O)Nc1ncc(Br)s1. The molecule has 0 saturated heterocycles. The Kier molecular flexibility index (Phi) is 5.84. The van der Waals surface area contributed by atoms with E-state index in [-0.39, 0.29) is 5.75 Å². The van der Waals surface area contributed by atoms with Crippen molar-refractivity contribution in [2.24, 2.45) is 0 Å². The van der Waals surface area contributed by atoms with E-state index in [0.717, 1.165) is 3.79 Å². The second-order valence-corrected chi connectivity index (χ2v) is 8.10. The fourth-order valence-corrected chi connectivity index (χ4v) is 3.59. The first-order chi connectivity index (χ1) is 7.89. The summed E-state index contributed by atoms with van der Waals surface area (Å²) < 4.78 is 26.6. The second kappa shape index (κ2) is 6.67. The Morgan fingerprint density at radius 2 is 2.24 bits per heavy atom. The molecule has 0 bridgehead atoms. The van der Waals surface area contributed by atoms with Gasteiger partial charge in [0.2, 0.25) is 10.0 Å². The molecule has 17 heavy (non-hydrogen) atoms. The molecule has 98 valence electrons. The highest BCUT2D eigenvalue weighted by atomic mass is 79.9. The number of nitrogens with one attached hydrogen (secondary N) is 2. The molecule has 0 amide bonds. The summed E-state index contributed by atoms with van der Waals surface area (Å²) in [5.74, 6) is 0.101. The summed E-state index contributed by atoms with van der Waals surface area (Å²) >= 11 is 4.49. The molecule has 0 saturated carbocycles. The summed E-state index contributed by atoms with van der Waals surface area (Å²) in [6.45, 7) is 4.75. The van der Waals surface area contributed by atoms with Gasteiger partial charge in [0.05, 0.1) is 15.7 Å². The Labute approximate surface area is 114 Å². The minimum atomic E-state index is -3.28. The predicted molar refractivity (Wildman–Crippen MR) is 75.0 cm³/mol. The van der Waals surface area contributed by atoms with Gasteiger partial charge in [0.25, 0.3) is 0 Å². The number of sulfonamides is 1. The second-order valence-electron chi connectivity index (χ2n) is 3.85. The summed E-state index contributed by atoms with van der Waals surface area (Å²) in [7, 11) is -3.28. The Hall–Kier alpha value is -0.180. The monoisotopic (exact) mass is 341 g/mol. The molecule has 0 aliphatic carbocycles. The predicted octanol–water partition coefficient (Wildman–Crippen LogP) is 2.04. The number of hydrogen-bond acceptors (Lipinski definition) is 5. The lowest BCUT2D eigenvalue weighted by atomic mass is 10.4. The van der Waals surface area contributed by atoms with Crippen LogP contribution in [0.1, 0.15) is 20.3 Å². The van der Waals surface area contributed by atoms with Crippen molar-refractivity contribution in [3.05, 3.63) is 9.98 Å². The maximum absolute atomic E-state index is 11.7. The Morgan fingerprint density at radius 3 is 2.76 bits per heavy atom. The highest BCUT2D eigenvalue weighted by Crippen LogP contribution is 2.23. The maximum Gasteiger partial charge on any atom is 0.234 e. The third-order valence-electron chi connectivity index (χ3n) is 1.86. The lowest BCUT2D eigenvalue weighted by Gasteiger charge is -2.08. The van der Waals surface area contributed by atoms with E-state index in [9.17, 15) is 8.42 Å². The first kappa shape index (κ1) is 14.9.